The van der Waals surface area contributed by atoms with Crippen molar-refractivity contribution in [2.24, 2.45) is 0 Å². The van der Waals surface area contributed by atoms with E-state index in [1.54, 1.807) is 39.8 Å². The number of aryl methyl sites for hydroxylation is 1. The van der Waals surface area contributed by atoms with Gasteiger partial charge < -0.3 is 9.47 Å². The zero-order chi connectivity index (χ0) is 17.4. The summed E-state index contributed by atoms with van der Waals surface area (Å²) in [6.45, 7) is 9.63. The molecule has 0 fully saturated rings. The first-order valence-corrected chi connectivity index (χ1v) is 7.70. The van der Waals surface area contributed by atoms with Crippen molar-refractivity contribution < 1.29 is 19.1 Å². The first kappa shape index (κ1) is 18.7. The molecule has 0 N–H and O–H groups in total. The Labute approximate surface area is 137 Å². The van der Waals surface area contributed by atoms with Crippen LogP contribution in [0.4, 0.5) is 0 Å². The van der Waals surface area contributed by atoms with E-state index in [9.17, 15) is 9.59 Å². The Kier molecular flexibility index (Phi) is 7.26. The molecule has 0 aliphatic heterocycles. The van der Waals surface area contributed by atoms with Crippen molar-refractivity contribution in [3.05, 3.63) is 46.0 Å². The lowest BCUT2D eigenvalue weighted by molar-refractivity contribution is -0.139. The molecule has 0 saturated carbocycles. The van der Waals surface area contributed by atoms with E-state index in [0.717, 1.165) is 16.7 Å². The Morgan fingerprint density at radius 3 is 1.87 bits per heavy atom. The highest BCUT2D eigenvalue weighted by Gasteiger charge is 2.09. The zero-order valence-electron chi connectivity index (χ0n) is 14.4. The molecular formula is C19H24O4. The van der Waals surface area contributed by atoms with Gasteiger partial charge in [-0.2, -0.15) is 0 Å². The van der Waals surface area contributed by atoms with Crippen LogP contribution in [-0.4, -0.2) is 25.2 Å². The van der Waals surface area contributed by atoms with E-state index in [4.69, 9.17) is 9.47 Å². The van der Waals surface area contributed by atoms with E-state index >= 15 is 0 Å². The first-order valence-electron chi connectivity index (χ1n) is 7.70. The molecule has 0 saturated heterocycles. The summed E-state index contributed by atoms with van der Waals surface area (Å²) in [5, 5.41) is 0. The van der Waals surface area contributed by atoms with Gasteiger partial charge in [0, 0.05) is 11.1 Å². The van der Waals surface area contributed by atoms with Gasteiger partial charge in [0.2, 0.25) is 0 Å². The highest BCUT2D eigenvalue weighted by molar-refractivity contribution is 5.96. The van der Waals surface area contributed by atoms with E-state index in [1.165, 1.54) is 0 Å². The maximum Gasteiger partial charge on any atom is 0.333 e. The van der Waals surface area contributed by atoms with Crippen LogP contribution in [0.15, 0.2) is 29.3 Å². The van der Waals surface area contributed by atoms with Crippen molar-refractivity contribution in [2.45, 2.75) is 34.6 Å². The summed E-state index contributed by atoms with van der Waals surface area (Å²) in [4.78, 5) is 23.5. The van der Waals surface area contributed by atoms with Gasteiger partial charge in [0.25, 0.3) is 0 Å². The molecule has 0 aliphatic carbocycles. The predicted octanol–water partition coefficient (Wildman–Crippen LogP) is 3.93. The predicted molar refractivity (Wildman–Crippen MR) is 91.7 cm³/mol. The van der Waals surface area contributed by atoms with Crippen LogP contribution in [0, 0.1) is 6.92 Å². The minimum atomic E-state index is -0.342. The lowest BCUT2D eigenvalue weighted by Crippen LogP contribution is -2.06. The van der Waals surface area contributed by atoms with Gasteiger partial charge in [0.05, 0.1) is 13.2 Å². The zero-order valence-corrected chi connectivity index (χ0v) is 14.4. The number of esters is 2. The number of hydrogen-bond acceptors (Lipinski definition) is 4. The fourth-order valence-electron chi connectivity index (χ4n) is 2.02. The monoisotopic (exact) mass is 316 g/mol. The van der Waals surface area contributed by atoms with Crippen molar-refractivity contribution in [2.75, 3.05) is 13.2 Å². The Bertz CT molecular complexity index is 639. The Morgan fingerprint density at radius 1 is 0.913 bits per heavy atom. The average molecular weight is 316 g/mol. The third-order valence-corrected chi connectivity index (χ3v) is 3.18. The SMILES string of the molecule is CCOC(=O)C(C)=Cc1ccc(C)cc1C=C(C)C(=O)OCC. The van der Waals surface area contributed by atoms with E-state index in [0.29, 0.717) is 24.4 Å². The molecule has 0 amide bonds. The highest BCUT2D eigenvalue weighted by atomic mass is 16.5. The molecule has 0 unspecified atom stereocenters. The standard InChI is InChI=1S/C19H24O4/c1-6-22-18(20)14(4)11-16-9-8-13(3)10-17(16)12-15(5)19(21)23-7-2/h8-12H,6-7H2,1-5H3. The minimum Gasteiger partial charge on any atom is -0.463 e. The molecule has 0 atom stereocenters. The van der Waals surface area contributed by atoms with Crippen molar-refractivity contribution >= 4 is 24.1 Å². The van der Waals surface area contributed by atoms with Gasteiger partial charge in [-0.1, -0.05) is 23.8 Å². The van der Waals surface area contributed by atoms with Crippen LogP contribution in [-0.2, 0) is 19.1 Å². The first-order chi connectivity index (χ1) is 10.9. The topological polar surface area (TPSA) is 52.6 Å². The molecule has 0 spiro atoms. The summed E-state index contributed by atoms with van der Waals surface area (Å²) >= 11 is 0. The van der Waals surface area contributed by atoms with Gasteiger partial charge >= 0.3 is 11.9 Å². The van der Waals surface area contributed by atoms with E-state index in [2.05, 4.69) is 0 Å². The van der Waals surface area contributed by atoms with Crippen LogP contribution in [0.25, 0.3) is 12.2 Å². The van der Waals surface area contributed by atoms with Crippen LogP contribution in [0.5, 0.6) is 0 Å². The molecule has 0 radical (unpaired) electrons. The summed E-state index contributed by atoms with van der Waals surface area (Å²) < 4.78 is 9.99. The normalized spacial score (nSPS) is 12.0. The van der Waals surface area contributed by atoms with Gasteiger partial charge in [-0.25, -0.2) is 9.59 Å². The second-order valence-electron chi connectivity index (χ2n) is 5.23. The molecule has 4 nitrogen and oxygen atoms in total. The number of hydrogen-bond donors (Lipinski definition) is 0. The van der Waals surface area contributed by atoms with E-state index in [-0.39, 0.29) is 11.9 Å². The van der Waals surface area contributed by atoms with Gasteiger partial charge in [0.15, 0.2) is 0 Å². The largest absolute Gasteiger partial charge is 0.463 e. The fourth-order valence-corrected chi connectivity index (χ4v) is 2.02. The summed E-state index contributed by atoms with van der Waals surface area (Å²) in [7, 11) is 0. The maximum atomic E-state index is 11.8. The highest BCUT2D eigenvalue weighted by Crippen LogP contribution is 2.19. The summed E-state index contributed by atoms with van der Waals surface area (Å²) in [5.74, 6) is -0.684. The molecule has 0 aromatic heterocycles. The van der Waals surface area contributed by atoms with Crippen LogP contribution in [0.1, 0.15) is 44.4 Å². The molecule has 23 heavy (non-hydrogen) atoms. The second-order valence-corrected chi connectivity index (χ2v) is 5.23. The van der Waals surface area contributed by atoms with E-state index in [1.807, 2.05) is 25.1 Å². The number of rotatable bonds is 6. The minimum absolute atomic E-state index is 0.340. The third kappa shape index (κ3) is 5.74. The Balaban J connectivity index is 3.21. The molecule has 4 heteroatoms. The van der Waals surface area contributed by atoms with Crippen molar-refractivity contribution in [1.82, 2.24) is 0 Å². The Hall–Kier alpha value is -2.36. The quantitative estimate of drug-likeness (QED) is 0.589. The number of carbonyl (C=O) groups is 2. The van der Waals surface area contributed by atoms with Crippen molar-refractivity contribution in [1.29, 1.82) is 0 Å². The van der Waals surface area contributed by atoms with Gasteiger partial charge in [0.1, 0.15) is 0 Å². The van der Waals surface area contributed by atoms with Gasteiger partial charge in [-0.05, 0) is 57.9 Å². The lowest BCUT2D eigenvalue weighted by atomic mass is 10.0. The molecule has 1 aromatic carbocycles. The molecule has 0 aliphatic rings. The average Bonchev–Trinajstić information content (AvgIpc) is 2.50. The Morgan fingerprint density at radius 2 is 1.39 bits per heavy atom. The molecule has 0 heterocycles. The number of ether oxygens (including phenoxy) is 2. The lowest BCUT2D eigenvalue weighted by Gasteiger charge is -2.07. The molecule has 124 valence electrons. The van der Waals surface area contributed by atoms with Crippen molar-refractivity contribution in [3.8, 4) is 0 Å². The molecular weight excluding hydrogens is 292 g/mol. The smallest absolute Gasteiger partial charge is 0.333 e. The summed E-state index contributed by atoms with van der Waals surface area (Å²) in [5.41, 5.74) is 3.81. The molecule has 0 bridgehead atoms. The summed E-state index contributed by atoms with van der Waals surface area (Å²) in [6.07, 6.45) is 3.54. The number of benzene rings is 1. The van der Waals surface area contributed by atoms with Crippen LogP contribution < -0.4 is 0 Å². The van der Waals surface area contributed by atoms with Gasteiger partial charge in [-0.3, -0.25) is 0 Å². The second kappa shape index (κ2) is 8.93. The van der Waals surface area contributed by atoms with Crippen molar-refractivity contribution in [3.63, 3.8) is 0 Å². The molecule has 1 rings (SSSR count). The fraction of sp³-hybridized carbons (Fsp3) is 0.368. The number of carbonyl (C=O) groups excluding carboxylic acids is 2. The van der Waals surface area contributed by atoms with Crippen LogP contribution >= 0.6 is 0 Å². The maximum absolute atomic E-state index is 11.8. The molecule has 1 aromatic rings. The van der Waals surface area contributed by atoms with Gasteiger partial charge in [-0.15, -0.1) is 0 Å². The third-order valence-electron chi connectivity index (χ3n) is 3.18. The van der Waals surface area contributed by atoms with E-state index < -0.39 is 0 Å². The van der Waals surface area contributed by atoms with Crippen LogP contribution in [0.2, 0.25) is 0 Å². The van der Waals surface area contributed by atoms with Crippen LogP contribution in [0.3, 0.4) is 0 Å². The summed E-state index contributed by atoms with van der Waals surface area (Å²) in [6, 6.07) is 5.84.